The van der Waals surface area contributed by atoms with Crippen LogP contribution in [0, 0.1) is 0 Å². The highest BCUT2D eigenvalue weighted by Crippen LogP contribution is 2.23. The van der Waals surface area contributed by atoms with Gasteiger partial charge in [0, 0.05) is 5.02 Å². The van der Waals surface area contributed by atoms with Crippen molar-refractivity contribution < 1.29 is 4.74 Å². The van der Waals surface area contributed by atoms with Gasteiger partial charge in [-0.25, -0.2) is 4.68 Å². The summed E-state index contributed by atoms with van der Waals surface area (Å²) in [6.45, 7) is 1.80. The summed E-state index contributed by atoms with van der Waals surface area (Å²) in [5.41, 5.74) is 5.48. The van der Waals surface area contributed by atoms with Crippen molar-refractivity contribution in [3.63, 3.8) is 0 Å². The quantitative estimate of drug-likeness (QED) is 0.806. The highest BCUT2D eigenvalue weighted by molar-refractivity contribution is 6.30. The Hall–Kier alpha value is -1.95. The van der Waals surface area contributed by atoms with Gasteiger partial charge >= 0.3 is 0 Å². The van der Waals surface area contributed by atoms with E-state index in [1.807, 2.05) is 0 Å². The molecule has 0 aliphatic heterocycles. The molecule has 7 heteroatoms. The fraction of sp³-hybridized carbons (Fsp3) is 0.200. The molecule has 0 aliphatic carbocycles. The average molecular weight is 254 g/mol. The van der Waals surface area contributed by atoms with Gasteiger partial charge in [-0.15, -0.1) is 10.2 Å². The first-order chi connectivity index (χ1) is 8.08. The van der Waals surface area contributed by atoms with E-state index in [1.165, 1.54) is 4.68 Å². The van der Waals surface area contributed by atoms with Gasteiger partial charge in [0.2, 0.25) is 5.95 Å². The van der Waals surface area contributed by atoms with Crippen LogP contribution in [0.5, 0.6) is 5.75 Å². The van der Waals surface area contributed by atoms with Gasteiger partial charge in [0.25, 0.3) is 0 Å². The summed E-state index contributed by atoms with van der Waals surface area (Å²) in [6.07, 6.45) is -0.372. The van der Waals surface area contributed by atoms with Crippen molar-refractivity contribution in [3.8, 4) is 5.75 Å². The minimum absolute atomic E-state index is 0.140. The number of benzene rings is 1. The summed E-state index contributed by atoms with van der Waals surface area (Å²) in [7, 11) is 0. The Labute approximate surface area is 103 Å². The highest BCUT2D eigenvalue weighted by Gasteiger charge is 2.16. The number of nitrogens with two attached hydrogens (primary N) is 2. The lowest BCUT2D eigenvalue weighted by atomic mass is 10.3. The molecule has 2 rings (SSSR count). The third-order valence-electron chi connectivity index (χ3n) is 2.22. The van der Waals surface area contributed by atoms with Crippen LogP contribution < -0.4 is 16.3 Å². The molecule has 2 aromatic rings. The van der Waals surface area contributed by atoms with Gasteiger partial charge < -0.3 is 16.3 Å². The second-order valence-corrected chi connectivity index (χ2v) is 3.94. The lowest BCUT2D eigenvalue weighted by Crippen LogP contribution is -2.19. The van der Waals surface area contributed by atoms with Crippen molar-refractivity contribution in [2.75, 3.05) is 11.6 Å². The molecule has 6 nitrogen and oxygen atoms in total. The van der Waals surface area contributed by atoms with E-state index in [4.69, 9.17) is 27.9 Å². The zero-order chi connectivity index (χ0) is 12.4. The van der Waals surface area contributed by atoms with Crippen LogP contribution in [-0.2, 0) is 0 Å². The largest absolute Gasteiger partial charge is 0.483 e. The molecule has 4 N–H and O–H groups in total. The molecule has 1 heterocycles. The summed E-state index contributed by atoms with van der Waals surface area (Å²) in [6, 6.07) is 7.07. The Morgan fingerprint density at radius 1 is 1.41 bits per heavy atom. The molecule has 0 aliphatic rings. The Morgan fingerprint density at radius 2 is 2.18 bits per heavy atom. The Balaban J connectivity index is 2.17. The third-order valence-corrected chi connectivity index (χ3v) is 2.46. The van der Waals surface area contributed by atoms with Gasteiger partial charge in [-0.2, -0.15) is 0 Å². The lowest BCUT2D eigenvalue weighted by molar-refractivity contribution is 0.213. The second-order valence-electron chi connectivity index (χ2n) is 3.50. The Bertz CT molecular complexity index is 527. The van der Waals surface area contributed by atoms with Gasteiger partial charge in [0.1, 0.15) is 5.75 Å². The fourth-order valence-corrected chi connectivity index (χ4v) is 1.57. The Morgan fingerprint density at radius 3 is 2.76 bits per heavy atom. The molecule has 0 spiro atoms. The van der Waals surface area contributed by atoms with Crippen LogP contribution >= 0.6 is 11.6 Å². The molecule has 0 fully saturated rings. The smallest absolute Gasteiger partial charge is 0.240 e. The molecule has 17 heavy (non-hydrogen) atoms. The number of nitrogens with zero attached hydrogens (tertiary/aromatic N) is 3. The van der Waals surface area contributed by atoms with Crippen molar-refractivity contribution in [3.05, 3.63) is 35.1 Å². The van der Waals surface area contributed by atoms with Crippen LogP contribution in [0.1, 0.15) is 18.9 Å². The first kappa shape index (κ1) is 11.5. The van der Waals surface area contributed by atoms with E-state index in [2.05, 4.69) is 10.2 Å². The molecule has 1 unspecified atom stereocenters. The van der Waals surface area contributed by atoms with E-state index >= 15 is 0 Å². The molecule has 1 aromatic heterocycles. The Kier molecular flexibility index (Phi) is 3.06. The van der Waals surface area contributed by atoms with Crippen molar-refractivity contribution >= 4 is 17.5 Å². The number of hydrogen-bond donors (Lipinski definition) is 2. The highest BCUT2D eigenvalue weighted by atomic mass is 35.5. The van der Waals surface area contributed by atoms with Crippen molar-refractivity contribution in [1.29, 1.82) is 0 Å². The average Bonchev–Trinajstić information content (AvgIpc) is 2.60. The zero-order valence-corrected chi connectivity index (χ0v) is 9.93. The van der Waals surface area contributed by atoms with Crippen LogP contribution in [0.4, 0.5) is 5.95 Å². The van der Waals surface area contributed by atoms with E-state index in [0.717, 1.165) is 0 Å². The van der Waals surface area contributed by atoms with Crippen LogP contribution in [0.15, 0.2) is 24.3 Å². The second kappa shape index (κ2) is 4.50. The predicted octanol–water partition coefficient (Wildman–Crippen LogP) is 1.37. The summed E-state index contributed by atoms with van der Waals surface area (Å²) < 4.78 is 6.82. The number of nitrogen functional groups attached to an aromatic ring is 2. The first-order valence-corrected chi connectivity index (χ1v) is 5.34. The number of halogens is 1. The van der Waals surface area contributed by atoms with Crippen molar-refractivity contribution in [2.24, 2.45) is 0 Å². The monoisotopic (exact) mass is 253 g/mol. The van der Waals surface area contributed by atoms with Crippen molar-refractivity contribution in [2.45, 2.75) is 13.0 Å². The molecule has 0 amide bonds. The van der Waals surface area contributed by atoms with Gasteiger partial charge in [0.05, 0.1) is 0 Å². The number of rotatable bonds is 3. The molecule has 0 saturated carbocycles. The SMILES string of the molecule is CC(Oc1cccc(Cl)c1)c1nnc(N)n1N. The van der Waals surface area contributed by atoms with Crippen molar-refractivity contribution in [1.82, 2.24) is 14.9 Å². The normalized spacial score (nSPS) is 12.4. The zero-order valence-electron chi connectivity index (χ0n) is 9.17. The number of aromatic nitrogens is 3. The fourth-order valence-electron chi connectivity index (χ4n) is 1.39. The molecule has 0 radical (unpaired) electrons. The van der Waals surface area contributed by atoms with E-state index in [0.29, 0.717) is 16.6 Å². The summed E-state index contributed by atoms with van der Waals surface area (Å²) >= 11 is 5.85. The lowest BCUT2D eigenvalue weighted by Gasteiger charge is -2.13. The van der Waals surface area contributed by atoms with E-state index < -0.39 is 0 Å². The van der Waals surface area contributed by atoms with E-state index in [-0.39, 0.29) is 12.1 Å². The maximum Gasteiger partial charge on any atom is 0.240 e. The van der Waals surface area contributed by atoms with Crippen LogP contribution in [0.25, 0.3) is 0 Å². The number of anilines is 1. The minimum atomic E-state index is -0.372. The maximum absolute atomic E-state index is 5.85. The summed E-state index contributed by atoms with van der Waals surface area (Å²) in [5, 5.41) is 8.10. The molecule has 1 atom stereocenters. The molecular formula is C10H12ClN5O. The number of ether oxygens (including phenoxy) is 1. The topological polar surface area (TPSA) is 92.0 Å². The summed E-state index contributed by atoms with van der Waals surface area (Å²) in [5.74, 6) is 6.87. The van der Waals surface area contributed by atoms with E-state index in [9.17, 15) is 0 Å². The molecule has 90 valence electrons. The third kappa shape index (κ3) is 2.42. The predicted molar refractivity (Wildman–Crippen MR) is 65.1 cm³/mol. The van der Waals surface area contributed by atoms with Gasteiger partial charge in [-0.05, 0) is 25.1 Å². The number of hydrogen-bond acceptors (Lipinski definition) is 5. The van der Waals surface area contributed by atoms with Gasteiger partial charge in [-0.3, -0.25) is 0 Å². The standard InChI is InChI=1S/C10H12ClN5O/c1-6(9-14-15-10(12)16(9)13)17-8-4-2-3-7(11)5-8/h2-6H,13H2,1H3,(H2,12,15). The van der Waals surface area contributed by atoms with Crippen LogP contribution in [0.3, 0.4) is 0 Å². The first-order valence-electron chi connectivity index (χ1n) is 4.96. The molecule has 1 aromatic carbocycles. The van der Waals surface area contributed by atoms with Crippen LogP contribution in [0.2, 0.25) is 5.02 Å². The van der Waals surface area contributed by atoms with Gasteiger partial charge in [-0.1, -0.05) is 17.7 Å². The molecule has 0 saturated heterocycles. The molecule has 0 bridgehead atoms. The van der Waals surface area contributed by atoms with Gasteiger partial charge in [0.15, 0.2) is 11.9 Å². The molecular weight excluding hydrogens is 242 g/mol. The van der Waals surface area contributed by atoms with Crippen LogP contribution in [-0.4, -0.2) is 14.9 Å². The summed E-state index contributed by atoms with van der Waals surface area (Å²) in [4.78, 5) is 0. The maximum atomic E-state index is 5.85. The van der Waals surface area contributed by atoms with E-state index in [1.54, 1.807) is 31.2 Å². The minimum Gasteiger partial charge on any atom is -0.483 e.